The molecule has 4 nitrogen and oxygen atoms in total. The SMILES string of the molecule is COc1ccc(NC(=O)C2CCN(Cc3ccc(Cl)c(Cl)c3)CC2)cc1Cl. The third-order valence-corrected chi connectivity index (χ3v) is 5.80. The quantitative estimate of drug-likeness (QED) is 0.684. The van der Waals surface area contributed by atoms with E-state index in [-0.39, 0.29) is 11.8 Å². The number of benzene rings is 2. The van der Waals surface area contributed by atoms with Crippen LogP contribution in [0.2, 0.25) is 15.1 Å². The number of methoxy groups -OCH3 is 1. The third kappa shape index (κ3) is 5.29. The van der Waals surface area contributed by atoms with E-state index in [1.165, 1.54) is 0 Å². The van der Waals surface area contributed by atoms with E-state index in [1.807, 2.05) is 18.2 Å². The maximum absolute atomic E-state index is 12.5. The van der Waals surface area contributed by atoms with Gasteiger partial charge in [0.25, 0.3) is 0 Å². The standard InChI is InChI=1S/C20H21Cl3N2O2/c1-27-19-5-3-15(11-18(19)23)24-20(26)14-6-8-25(9-7-14)12-13-2-4-16(21)17(22)10-13/h2-5,10-11,14H,6-9,12H2,1H3,(H,24,26). The molecule has 1 aliphatic rings. The predicted molar refractivity (Wildman–Crippen MR) is 111 cm³/mol. The maximum Gasteiger partial charge on any atom is 0.227 e. The molecule has 1 saturated heterocycles. The number of nitrogens with zero attached hydrogens (tertiary/aromatic N) is 1. The number of ether oxygens (including phenoxy) is 1. The van der Waals surface area contributed by atoms with Gasteiger partial charge in [-0.3, -0.25) is 9.69 Å². The minimum atomic E-state index is -0.00377. The monoisotopic (exact) mass is 426 g/mol. The van der Waals surface area contributed by atoms with E-state index in [4.69, 9.17) is 39.5 Å². The molecule has 1 amide bonds. The molecule has 0 spiro atoms. The summed E-state index contributed by atoms with van der Waals surface area (Å²) in [4.78, 5) is 14.9. The van der Waals surface area contributed by atoms with Gasteiger partial charge in [-0.25, -0.2) is 0 Å². The molecular formula is C20H21Cl3N2O2. The van der Waals surface area contributed by atoms with Crippen LogP contribution in [0.3, 0.4) is 0 Å². The number of carbonyl (C=O) groups is 1. The average molecular weight is 428 g/mol. The fourth-order valence-corrected chi connectivity index (χ4v) is 3.82. The number of halogens is 3. The lowest BCUT2D eigenvalue weighted by atomic mass is 9.95. The maximum atomic E-state index is 12.5. The van der Waals surface area contributed by atoms with Gasteiger partial charge >= 0.3 is 0 Å². The van der Waals surface area contributed by atoms with E-state index in [2.05, 4.69) is 10.2 Å². The summed E-state index contributed by atoms with van der Waals surface area (Å²) in [5.74, 6) is 0.617. The Morgan fingerprint density at radius 2 is 1.81 bits per heavy atom. The van der Waals surface area contributed by atoms with Crippen LogP contribution in [-0.2, 0) is 11.3 Å². The fraction of sp³-hybridized carbons (Fsp3) is 0.350. The van der Waals surface area contributed by atoms with E-state index in [1.54, 1.807) is 25.3 Å². The lowest BCUT2D eigenvalue weighted by Crippen LogP contribution is -2.37. The molecule has 3 rings (SSSR count). The Morgan fingerprint density at radius 1 is 1.07 bits per heavy atom. The zero-order chi connectivity index (χ0) is 19.4. The van der Waals surface area contributed by atoms with Crippen molar-refractivity contribution in [3.05, 3.63) is 57.0 Å². The minimum Gasteiger partial charge on any atom is -0.495 e. The van der Waals surface area contributed by atoms with Gasteiger partial charge in [0.15, 0.2) is 0 Å². The van der Waals surface area contributed by atoms with Gasteiger partial charge in [0.2, 0.25) is 5.91 Å². The topological polar surface area (TPSA) is 41.6 Å². The van der Waals surface area contributed by atoms with E-state index < -0.39 is 0 Å². The van der Waals surface area contributed by atoms with Crippen LogP contribution in [0.25, 0.3) is 0 Å². The van der Waals surface area contributed by atoms with Crippen LogP contribution in [-0.4, -0.2) is 31.0 Å². The van der Waals surface area contributed by atoms with Gasteiger partial charge in [-0.15, -0.1) is 0 Å². The Bertz CT molecular complexity index is 821. The van der Waals surface area contributed by atoms with Crippen molar-refractivity contribution in [1.29, 1.82) is 0 Å². The number of nitrogens with one attached hydrogen (secondary N) is 1. The molecule has 1 fully saturated rings. The van der Waals surface area contributed by atoms with Crippen molar-refractivity contribution in [1.82, 2.24) is 4.90 Å². The molecule has 2 aromatic carbocycles. The molecule has 1 N–H and O–H groups in total. The molecule has 0 aliphatic carbocycles. The van der Waals surface area contributed by atoms with Gasteiger partial charge in [0.1, 0.15) is 5.75 Å². The van der Waals surface area contributed by atoms with Crippen molar-refractivity contribution < 1.29 is 9.53 Å². The van der Waals surface area contributed by atoms with Gasteiger partial charge in [0.05, 0.1) is 22.2 Å². The van der Waals surface area contributed by atoms with Crippen LogP contribution in [0.15, 0.2) is 36.4 Å². The summed E-state index contributed by atoms with van der Waals surface area (Å²) in [6, 6.07) is 11.0. The second-order valence-corrected chi connectivity index (χ2v) is 7.86. The van der Waals surface area contributed by atoms with Crippen LogP contribution in [0.4, 0.5) is 5.69 Å². The van der Waals surface area contributed by atoms with E-state index in [0.29, 0.717) is 26.5 Å². The molecule has 0 aromatic heterocycles. The molecular weight excluding hydrogens is 407 g/mol. The Hall–Kier alpha value is -1.46. The highest BCUT2D eigenvalue weighted by atomic mass is 35.5. The normalized spacial score (nSPS) is 15.6. The summed E-state index contributed by atoms with van der Waals surface area (Å²) < 4.78 is 5.13. The zero-order valence-corrected chi connectivity index (χ0v) is 17.2. The van der Waals surface area contributed by atoms with Gasteiger partial charge in [-0.1, -0.05) is 40.9 Å². The second kappa shape index (κ2) is 9.16. The molecule has 0 saturated carbocycles. The van der Waals surface area contributed by atoms with Crippen molar-refractivity contribution in [2.75, 3.05) is 25.5 Å². The molecule has 0 radical (unpaired) electrons. The number of anilines is 1. The Balaban J connectivity index is 1.51. The predicted octanol–water partition coefficient (Wildman–Crippen LogP) is 5.51. The summed E-state index contributed by atoms with van der Waals surface area (Å²) >= 11 is 18.2. The molecule has 7 heteroatoms. The molecule has 27 heavy (non-hydrogen) atoms. The van der Waals surface area contributed by atoms with Gasteiger partial charge in [0, 0.05) is 18.2 Å². The minimum absolute atomic E-state index is 0.00377. The first-order valence-corrected chi connectivity index (χ1v) is 9.90. The van der Waals surface area contributed by atoms with Crippen LogP contribution < -0.4 is 10.1 Å². The Kier molecular flexibility index (Phi) is 6.88. The summed E-state index contributed by atoms with van der Waals surface area (Å²) in [5.41, 5.74) is 1.81. The molecule has 0 atom stereocenters. The number of hydrogen-bond acceptors (Lipinski definition) is 3. The van der Waals surface area contributed by atoms with Crippen molar-refractivity contribution in [2.45, 2.75) is 19.4 Å². The van der Waals surface area contributed by atoms with Crippen molar-refractivity contribution in [3.8, 4) is 5.75 Å². The van der Waals surface area contributed by atoms with Crippen molar-refractivity contribution in [2.24, 2.45) is 5.92 Å². The van der Waals surface area contributed by atoms with Crippen LogP contribution in [0, 0.1) is 5.92 Å². The van der Waals surface area contributed by atoms with E-state index in [0.717, 1.165) is 38.0 Å². The van der Waals surface area contributed by atoms with Gasteiger partial charge < -0.3 is 10.1 Å². The number of carbonyl (C=O) groups excluding carboxylic acids is 1. The first kappa shape index (κ1) is 20.3. The largest absolute Gasteiger partial charge is 0.495 e. The van der Waals surface area contributed by atoms with E-state index >= 15 is 0 Å². The first-order valence-electron chi connectivity index (χ1n) is 8.77. The van der Waals surface area contributed by atoms with Crippen LogP contribution in [0.1, 0.15) is 18.4 Å². The van der Waals surface area contributed by atoms with Gasteiger partial charge in [-0.2, -0.15) is 0 Å². The summed E-state index contributed by atoms with van der Waals surface area (Å²) in [6.45, 7) is 2.53. The Morgan fingerprint density at radius 3 is 2.44 bits per heavy atom. The molecule has 0 bridgehead atoms. The number of piperidine rings is 1. The summed E-state index contributed by atoms with van der Waals surface area (Å²) in [6.07, 6.45) is 1.63. The first-order chi connectivity index (χ1) is 13.0. The number of rotatable bonds is 5. The lowest BCUT2D eigenvalue weighted by Gasteiger charge is -2.31. The summed E-state index contributed by atoms with van der Waals surface area (Å²) in [5, 5.41) is 4.57. The molecule has 2 aromatic rings. The highest BCUT2D eigenvalue weighted by Gasteiger charge is 2.25. The highest BCUT2D eigenvalue weighted by molar-refractivity contribution is 6.42. The Labute approximate surface area is 174 Å². The number of likely N-dealkylation sites (tertiary alicyclic amines) is 1. The fourth-order valence-electron chi connectivity index (χ4n) is 3.24. The van der Waals surface area contributed by atoms with Crippen molar-refractivity contribution in [3.63, 3.8) is 0 Å². The molecule has 0 unspecified atom stereocenters. The second-order valence-electron chi connectivity index (χ2n) is 6.64. The van der Waals surface area contributed by atoms with Crippen molar-refractivity contribution >= 4 is 46.4 Å². The molecule has 1 aliphatic heterocycles. The third-order valence-electron chi connectivity index (χ3n) is 4.77. The average Bonchev–Trinajstić information content (AvgIpc) is 2.65. The number of amides is 1. The highest BCUT2D eigenvalue weighted by Crippen LogP contribution is 2.28. The molecule has 144 valence electrons. The number of hydrogen-bond donors (Lipinski definition) is 1. The van der Waals surface area contributed by atoms with E-state index in [9.17, 15) is 4.79 Å². The van der Waals surface area contributed by atoms with Gasteiger partial charge in [-0.05, 0) is 61.8 Å². The van der Waals surface area contributed by atoms with Crippen LogP contribution >= 0.6 is 34.8 Å². The molecule has 1 heterocycles. The zero-order valence-electron chi connectivity index (χ0n) is 15.0. The van der Waals surface area contributed by atoms with Crippen LogP contribution in [0.5, 0.6) is 5.75 Å². The lowest BCUT2D eigenvalue weighted by molar-refractivity contribution is -0.121. The summed E-state index contributed by atoms with van der Waals surface area (Å²) in [7, 11) is 1.56. The smallest absolute Gasteiger partial charge is 0.227 e.